The van der Waals surface area contributed by atoms with Crippen LogP contribution in [0.25, 0.3) is 11.1 Å². The second kappa shape index (κ2) is 3.81. The Bertz CT molecular complexity index is 590. The number of anilines is 1. The van der Waals surface area contributed by atoms with Crippen LogP contribution in [0.3, 0.4) is 0 Å². The molecule has 0 unspecified atom stereocenters. The molecule has 1 aromatic carbocycles. The van der Waals surface area contributed by atoms with Crippen LogP contribution in [0.15, 0.2) is 41.3 Å². The number of rotatable bonds is 1. The number of pyridine rings is 1. The van der Waals surface area contributed by atoms with E-state index in [1.54, 1.807) is 25.4 Å². The summed E-state index contributed by atoms with van der Waals surface area (Å²) in [5.41, 5.74) is 7.26. The van der Waals surface area contributed by atoms with Gasteiger partial charge in [0.25, 0.3) is 5.56 Å². The van der Waals surface area contributed by atoms with Gasteiger partial charge in [-0.2, -0.15) is 0 Å². The lowest BCUT2D eigenvalue weighted by Crippen LogP contribution is -2.14. The minimum Gasteiger partial charge on any atom is -0.398 e. The van der Waals surface area contributed by atoms with E-state index >= 15 is 0 Å². The van der Waals surface area contributed by atoms with Crippen LogP contribution in [0.4, 0.5) is 10.1 Å². The monoisotopic (exact) mass is 218 g/mol. The molecule has 0 saturated heterocycles. The van der Waals surface area contributed by atoms with Gasteiger partial charge in [0, 0.05) is 30.6 Å². The minimum absolute atomic E-state index is 0.124. The third-order valence-electron chi connectivity index (χ3n) is 2.43. The highest BCUT2D eigenvalue weighted by atomic mass is 19.1. The average Bonchev–Trinajstić information content (AvgIpc) is 2.22. The van der Waals surface area contributed by atoms with Gasteiger partial charge in [-0.05, 0) is 29.8 Å². The lowest BCUT2D eigenvalue weighted by Gasteiger charge is -2.06. The number of nitrogens with zero attached hydrogens (tertiary/aromatic N) is 1. The maximum absolute atomic E-state index is 12.9. The van der Waals surface area contributed by atoms with E-state index in [1.165, 1.54) is 22.8 Å². The summed E-state index contributed by atoms with van der Waals surface area (Å²) in [6, 6.07) is 7.38. The van der Waals surface area contributed by atoms with Crippen molar-refractivity contribution in [1.82, 2.24) is 4.57 Å². The zero-order valence-electron chi connectivity index (χ0n) is 8.77. The van der Waals surface area contributed by atoms with Gasteiger partial charge in [0.2, 0.25) is 0 Å². The number of halogens is 1. The molecule has 0 amide bonds. The topological polar surface area (TPSA) is 48.0 Å². The Morgan fingerprint density at radius 2 is 2.00 bits per heavy atom. The molecular weight excluding hydrogens is 207 g/mol. The van der Waals surface area contributed by atoms with Crippen molar-refractivity contribution in [3.05, 3.63) is 52.7 Å². The van der Waals surface area contributed by atoms with E-state index in [0.717, 1.165) is 0 Å². The minimum atomic E-state index is -0.384. The van der Waals surface area contributed by atoms with Gasteiger partial charge >= 0.3 is 0 Å². The van der Waals surface area contributed by atoms with Crippen molar-refractivity contribution in [2.75, 3.05) is 5.73 Å². The molecule has 0 spiro atoms. The molecule has 0 aliphatic heterocycles. The number of aromatic nitrogens is 1. The molecule has 82 valence electrons. The first-order valence-corrected chi connectivity index (χ1v) is 4.80. The van der Waals surface area contributed by atoms with E-state index in [0.29, 0.717) is 16.8 Å². The van der Waals surface area contributed by atoms with Gasteiger partial charge in [-0.3, -0.25) is 4.79 Å². The number of aryl methyl sites for hydroxylation is 1. The molecule has 0 atom stereocenters. The lowest BCUT2D eigenvalue weighted by atomic mass is 10.1. The molecule has 0 aliphatic rings. The number of nitrogens with two attached hydrogens (primary N) is 1. The molecule has 1 aromatic heterocycles. The highest BCUT2D eigenvalue weighted by molar-refractivity contribution is 5.75. The number of hydrogen-bond acceptors (Lipinski definition) is 2. The number of nitrogen functional groups attached to an aromatic ring is 1. The maximum atomic E-state index is 12.9. The molecular formula is C12H11FN2O. The van der Waals surface area contributed by atoms with Crippen LogP contribution in [-0.2, 0) is 7.05 Å². The summed E-state index contributed by atoms with van der Waals surface area (Å²) < 4.78 is 14.3. The zero-order chi connectivity index (χ0) is 11.7. The maximum Gasteiger partial charge on any atom is 0.250 e. The van der Waals surface area contributed by atoms with Gasteiger partial charge in [0.15, 0.2) is 0 Å². The molecule has 0 radical (unpaired) electrons. The largest absolute Gasteiger partial charge is 0.398 e. The molecule has 0 saturated carbocycles. The molecule has 16 heavy (non-hydrogen) atoms. The summed E-state index contributed by atoms with van der Waals surface area (Å²) >= 11 is 0. The third kappa shape index (κ3) is 1.82. The van der Waals surface area contributed by atoms with E-state index < -0.39 is 0 Å². The van der Waals surface area contributed by atoms with Crippen LogP contribution < -0.4 is 11.3 Å². The summed E-state index contributed by atoms with van der Waals surface area (Å²) in [4.78, 5) is 11.4. The van der Waals surface area contributed by atoms with Crippen LogP contribution in [0.1, 0.15) is 0 Å². The molecule has 2 rings (SSSR count). The summed E-state index contributed by atoms with van der Waals surface area (Å²) in [5.74, 6) is -0.384. The Morgan fingerprint density at radius 1 is 1.25 bits per heavy atom. The molecule has 2 aromatic rings. The summed E-state index contributed by atoms with van der Waals surface area (Å²) in [6.45, 7) is 0. The number of benzene rings is 1. The fraction of sp³-hybridized carbons (Fsp3) is 0.0833. The van der Waals surface area contributed by atoms with Crippen molar-refractivity contribution in [3.8, 4) is 11.1 Å². The fourth-order valence-electron chi connectivity index (χ4n) is 1.51. The Hall–Kier alpha value is -2.10. The van der Waals surface area contributed by atoms with Crippen LogP contribution >= 0.6 is 0 Å². The summed E-state index contributed by atoms with van der Waals surface area (Å²) in [5, 5.41) is 0. The van der Waals surface area contributed by atoms with Gasteiger partial charge in [-0.1, -0.05) is 0 Å². The Morgan fingerprint density at radius 3 is 2.62 bits per heavy atom. The highest BCUT2D eigenvalue weighted by Gasteiger charge is 2.04. The smallest absolute Gasteiger partial charge is 0.250 e. The fourth-order valence-corrected chi connectivity index (χ4v) is 1.51. The molecule has 0 bridgehead atoms. The van der Waals surface area contributed by atoms with Gasteiger partial charge < -0.3 is 10.3 Å². The van der Waals surface area contributed by atoms with E-state index in [-0.39, 0.29) is 11.4 Å². The first-order valence-electron chi connectivity index (χ1n) is 4.80. The molecule has 1 heterocycles. The summed E-state index contributed by atoms with van der Waals surface area (Å²) in [6.07, 6.45) is 1.65. The van der Waals surface area contributed by atoms with Crippen LogP contribution in [-0.4, -0.2) is 4.57 Å². The van der Waals surface area contributed by atoms with Crippen molar-refractivity contribution in [3.63, 3.8) is 0 Å². The van der Waals surface area contributed by atoms with E-state index in [4.69, 9.17) is 5.73 Å². The van der Waals surface area contributed by atoms with Gasteiger partial charge in [-0.25, -0.2) is 4.39 Å². The standard InChI is InChI=1S/C12H11FN2O/c1-15-5-4-8(6-12(15)16)10-3-2-9(13)7-11(10)14/h2-7H,14H2,1H3. The highest BCUT2D eigenvalue weighted by Crippen LogP contribution is 2.24. The lowest BCUT2D eigenvalue weighted by molar-refractivity contribution is 0.628. The Kier molecular flexibility index (Phi) is 2.48. The quantitative estimate of drug-likeness (QED) is 0.741. The van der Waals surface area contributed by atoms with Crippen LogP contribution in [0, 0.1) is 5.82 Å². The molecule has 3 nitrogen and oxygen atoms in total. The first-order chi connectivity index (χ1) is 7.58. The first kappa shape index (κ1) is 10.4. The van der Waals surface area contributed by atoms with Crippen LogP contribution in [0.5, 0.6) is 0 Å². The Balaban J connectivity index is 2.59. The van der Waals surface area contributed by atoms with Crippen LogP contribution in [0.2, 0.25) is 0 Å². The normalized spacial score (nSPS) is 10.4. The number of hydrogen-bond donors (Lipinski definition) is 1. The predicted molar refractivity (Wildman–Crippen MR) is 61.5 cm³/mol. The van der Waals surface area contributed by atoms with Crippen molar-refractivity contribution < 1.29 is 4.39 Å². The van der Waals surface area contributed by atoms with Crippen molar-refractivity contribution in [2.24, 2.45) is 7.05 Å². The molecule has 2 N–H and O–H groups in total. The second-order valence-electron chi connectivity index (χ2n) is 3.60. The van der Waals surface area contributed by atoms with Crippen molar-refractivity contribution >= 4 is 5.69 Å². The average molecular weight is 218 g/mol. The van der Waals surface area contributed by atoms with Gasteiger partial charge in [0.1, 0.15) is 5.82 Å². The van der Waals surface area contributed by atoms with Crippen molar-refractivity contribution in [2.45, 2.75) is 0 Å². The molecule has 0 aliphatic carbocycles. The van der Waals surface area contributed by atoms with E-state index in [9.17, 15) is 9.18 Å². The zero-order valence-corrected chi connectivity index (χ0v) is 8.77. The van der Waals surface area contributed by atoms with Crippen molar-refractivity contribution in [1.29, 1.82) is 0 Å². The van der Waals surface area contributed by atoms with E-state index in [2.05, 4.69) is 0 Å². The SMILES string of the molecule is Cn1ccc(-c2ccc(F)cc2N)cc1=O. The van der Waals surface area contributed by atoms with Gasteiger partial charge in [0.05, 0.1) is 0 Å². The van der Waals surface area contributed by atoms with Gasteiger partial charge in [-0.15, -0.1) is 0 Å². The predicted octanol–water partition coefficient (Wildman–Crippen LogP) is 1.77. The summed E-state index contributed by atoms with van der Waals surface area (Å²) in [7, 11) is 1.67. The molecule has 4 heteroatoms. The molecule has 0 fully saturated rings. The van der Waals surface area contributed by atoms with E-state index in [1.807, 2.05) is 0 Å². The third-order valence-corrected chi connectivity index (χ3v) is 2.43. The second-order valence-corrected chi connectivity index (χ2v) is 3.60. The Labute approximate surface area is 92.0 Å².